The topological polar surface area (TPSA) is 54.3 Å². The molecule has 2 rings (SSSR count). The Kier molecular flexibility index (Phi) is 4.79. The third kappa shape index (κ3) is 3.84. The summed E-state index contributed by atoms with van der Waals surface area (Å²) in [4.78, 5) is 11.9. The molecule has 0 saturated carbocycles. The van der Waals surface area contributed by atoms with Gasteiger partial charge in [0.15, 0.2) is 0 Å². The van der Waals surface area contributed by atoms with Gasteiger partial charge in [-0.1, -0.05) is 15.9 Å². The third-order valence-electron chi connectivity index (χ3n) is 2.71. The monoisotopic (exact) mass is 340 g/mol. The SMILES string of the molecule is CC(Nc1cc(Br)ccc1F)C(=O)NCc1ccco1. The van der Waals surface area contributed by atoms with Crippen molar-refractivity contribution in [3.8, 4) is 0 Å². The number of anilines is 1. The molecule has 1 atom stereocenters. The highest BCUT2D eigenvalue weighted by molar-refractivity contribution is 9.10. The number of carbonyl (C=O) groups is 1. The Hall–Kier alpha value is -1.82. The van der Waals surface area contributed by atoms with Gasteiger partial charge in [0, 0.05) is 4.47 Å². The lowest BCUT2D eigenvalue weighted by Gasteiger charge is -2.15. The van der Waals surface area contributed by atoms with Crippen LogP contribution in [0.2, 0.25) is 0 Å². The van der Waals surface area contributed by atoms with Gasteiger partial charge in [-0.2, -0.15) is 0 Å². The van der Waals surface area contributed by atoms with Crippen LogP contribution in [0, 0.1) is 5.82 Å². The molecule has 0 aliphatic rings. The van der Waals surface area contributed by atoms with Crippen LogP contribution in [0.25, 0.3) is 0 Å². The highest BCUT2D eigenvalue weighted by atomic mass is 79.9. The Morgan fingerprint density at radius 2 is 2.25 bits per heavy atom. The number of halogens is 2. The van der Waals surface area contributed by atoms with Gasteiger partial charge in [0.25, 0.3) is 0 Å². The van der Waals surface area contributed by atoms with E-state index in [2.05, 4.69) is 26.6 Å². The minimum Gasteiger partial charge on any atom is -0.467 e. The predicted octanol–water partition coefficient (Wildman–Crippen LogP) is 3.30. The average Bonchev–Trinajstić information content (AvgIpc) is 2.93. The number of furan rings is 1. The summed E-state index contributed by atoms with van der Waals surface area (Å²) in [5.74, 6) is 0.0267. The molecule has 1 aromatic carbocycles. The molecule has 0 aliphatic heterocycles. The van der Waals surface area contributed by atoms with Gasteiger partial charge in [-0.3, -0.25) is 4.79 Å². The van der Waals surface area contributed by atoms with Gasteiger partial charge < -0.3 is 15.1 Å². The highest BCUT2D eigenvalue weighted by Crippen LogP contribution is 2.20. The fraction of sp³-hybridized carbons (Fsp3) is 0.214. The average molecular weight is 341 g/mol. The first-order chi connectivity index (χ1) is 9.56. The molecule has 1 aromatic heterocycles. The van der Waals surface area contributed by atoms with Crippen molar-refractivity contribution < 1.29 is 13.6 Å². The number of hydrogen-bond acceptors (Lipinski definition) is 3. The van der Waals surface area contributed by atoms with Crippen LogP contribution in [0.5, 0.6) is 0 Å². The van der Waals surface area contributed by atoms with E-state index in [0.29, 0.717) is 12.3 Å². The van der Waals surface area contributed by atoms with Crippen molar-refractivity contribution in [1.29, 1.82) is 0 Å². The van der Waals surface area contributed by atoms with E-state index in [4.69, 9.17) is 4.42 Å². The second-order valence-corrected chi connectivity index (χ2v) is 5.20. The van der Waals surface area contributed by atoms with Crippen molar-refractivity contribution >= 4 is 27.5 Å². The van der Waals surface area contributed by atoms with E-state index in [-0.39, 0.29) is 11.6 Å². The van der Waals surface area contributed by atoms with E-state index in [1.807, 2.05) is 0 Å². The van der Waals surface area contributed by atoms with Crippen LogP contribution in [0.4, 0.5) is 10.1 Å². The summed E-state index contributed by atoms with van der Waals surface area (Å²) in [6.07, 6.45) is 1.54. The Balaban J connectivity index is 1.92. The van der Waals surface area contributed by atoms with E-state index in [1.165, 1.54) is 6.07 Å². The Bertz CT molecular complexity index is 587. The first-order valence-electron chi connectivity index (χ1n) is 6.08. The first kappa shape index (κ1) is 14.6. The normalized spacial score (nSPS) is 11.9. The van der Waals surface area contributed by atoms with Gasteiger partial charge in [-0.05, 0) is 37.3 Å². The maximum Gasteiger partial charge on any atom is 0.242 e. The minimum atomic E-state index is -0.561. The molecular formula is C14H14BrFN2O2. The third-order valence-corrected chi connectivity index (χ3v) is 3.20. The molecule has 0 bridgehead atoms. The Labute approximate surface area is 124 Å². The second kappa shape index (κ2) is 6.56. The number of carbonyl (C=O) groups excluding carboxylic acids is 1. The zero-order valence-corrected chi connectivity index (χ0v) is 12.4. The van der Waals surface area contributed by atoms with Gasteiger partial charge in [0.05, 0.1) is 18.5 Å². The van der Waals surface area contributed by atoms with E-state index in [0.717, 1.165) is 4.47 Å². The summed E-state index contributed by atoms with van der Waals surface area (Å²) in [6.45, 7) is 1.97. The summed E-state index contributed by atoms with van der Waals surface area (Å²) >= 11 is 3.26. The fourth-order valence-electron chi connectivity index (χ4n) is 1.65. The van der Waals surface area contributed by atoms with Crippen LogP contribution in [0.1, 0.15) is 12.7 Å². The molecule has 2 N–H and O–H groups in total. The van der Waals surface area contributed by atoms with Crippen molar-refractivity contribution in [3.05, 3.63) is 52.6 Å². The molecule has 0 saturated heterocycles. The molecule has 6 heteroatoms. The summed E-state index contributed by atoms with van der Waals surface area (Å²) in [6, 6.07) is 7.48. The van der Waals surface area contributed by atoms with Gasteiger partial charge in [0.2, 0.25) is 5.91 Å². The molecule has 4 nitrogen and oxygen atoms in total. The molecule has 2 aromatic rings. The van der Waals surface area contributed by atoms with Crippen LogP contribution in [0.3, 0.4) is 0 Å². The minimum absolute atomic E-state index is 0.235. The maximum atomic E-state index is 13.6. The first-order valence-corrected chi connectivity index (χ1v) is 6.87. The predicted molar refractivity (Wildman–Crippen MR) is 77.7 cm³/mol. The van der Waals surface area contributed by atoms with Crippen LogP contribution in [-0.4, -0.2) is 11.9 Å². The lowest BCUT2D eigenvalue weighted by atomic mass is 10.2. The van der Waals surface area contributed by atoms with Crippen LogP contribution < -0.4 is 10.6 Å². The Morgan fingerprint density at radius 1 is 1.45 bits per heavy atom. The van der Waals surface area contributed by atoms with E-state index in [1.54, 1.807) is 37.5 Å². The summed E-state index contributed by atoms with van der Waals surface area (Å²) < 4.78 is 19.4. The molecule has 0 aliphatic carbocycles. The molecule has 1 amide bonds. The van der Waals surface area contributed by atoms with Crippen LogP contribution in [0.15, 0.2) is 45.5 Å². The van der Waals surface area contributed by atoms with Crippen molar-refractivity contribution in [2.75, 3.05) is 5.32 Å². The highest BCUT2D eigenvalue weighted by Gasteiger charge is 2.14. The molecule has 1 unspecified atom stereocenters. The number of benzene rings is 1. The lowest BCUT2D eigenvalue weighted by Crippen LogP contribution is -2.37. The van der Waals surface area contributed by atoms with Gasteiger partial charge in [-0.15, -0.1) is 0 Å². The Morgan fingerprint density at radius 3 is 2.95 bits per heavy atom. The maximum absolute atomic E-state index is 13.6. The number of nitrogens with one attached hydrogen (secondary N) is 2. The van der Waals surface area contributed by atoms with Crippen molar-refractivity contribution in [3.63, 3.8) is 0 Å². The molecule has 0 spiro atoms. The number of amides is 1. The van der Waals surface area contributed by atoms with Crippen molar-refractivity contribution in [2.45, 2.75) is 19.5 Å². The quantitative estimate of drug-likeness (QED) is 0.877. The molecule has 0 fully saturated rings. The van der Waals surface area contributed by atoms with Crippen LogP contribution >= 0.6 is 15.9 Å². The van der Waals surface area contributed by atoms with Crippen LogP contribution in [-0.2, 0) is 11.3 Å². The van der Waals surface area contributed by atoms with E-state index >= 15 is 0 Å². The van der Waals surface area contributed by atoms with E-state index < -0.39 is 11.9 Å². The second-order valence-electron chi connectivity index (χ2n) is 4.29. The molecule has 106 valence electrons. The largest absolute Gasteiger partial charge is 0.467 e. The smallest absolute Gasteiger partial charge is 0.242 e. The van der Waals surface area contributed by atoms with Gasteiger partial charge in [-0.25, -0.2) is 4.39 Å². The van der Waals surface area contributed by atoms with Crippen molar-refractivity contribution in [2.24, 2.45) is 0 Å². The molecule has 1 heterocycles. The number of rotatable bonds is 5. The van der Waals surface area contributed by atoms with Crippen molar-refractivity contribution in [1.82, 2.24) is 5.32 Å². The van der Waals surface area contributed by atoms with Gasteiger partial charge >= 0.3 is 0 Å². The molecular weight excluding hydrogens is 327 g/mol. The zero-order chi connectivity index (χ0) is 14.5. The summed E-state index contributed by atoms with van der Waals surface area (Å²) in [5, 5.41) is 5.54. The zero-order valence-electron chi connectivity index (χ0n) is 10.8. The molecule has 20 heavy (non-hydrogen) atoms. The number of hydrogen-bond donors (Lipinski definition) is 2. The lowest BCUT2D eigenvalue weighted by molar-refractivity contribution is -0.121. The summed E-state index contributed by atoms with van der Waals surface area (Å²) in [7, 11) is 0. The standard InChI is InChI=1S/C14H14BrFN2O2/c1-9(14(19)17-8-11-3-2-6-20-11)18-13-7-10(15)4-5-12(13)16/h2-7,9,18H,8H2,1H3,(H,17,19). The van der Waals surface area contributed by atoms with Gasteiger partial charge in [0.1, 0.15) is 17.6 Å². The molecule has 0 radical (unpaired) electrons. The fourth-order valence-corrected chi connectivity index (χ4v) is 2.01. The van der Waals surface area contributed by atoms with E-state index in [9.17, 15) is 9.18 Å². The summed E-state index contributed by atoms with van der Waals surface area (Å²) in [5.41, 5.74) is 0.278.